The van der Waals surface area contributed by atoms with Crippen LogP contribution < -0.4 is 9.47 Å². The number of amides is 1. The van der Waals surface area contributed by atoms with Gasteiger partial charge in [0.05, 0.1) is 10.4 Å². The molecule has 0 radical (unpaired) electrons. The number of nitrogens with zero attached hydrogens (tertiary/aromatic N) is 1. The number of carboxylic acids is 1. The molecule has 4 aromatic carbocycles. The molecule has 2 heterocycles. The molecule has 1 aromatic heterocycles. The highest BCUT2D eigenvalue weighted by Gasteiger charge is 2.41. The van der Waals surface area contributed by atoms with Crippen molar-refractivity contribution in [1.29, 1.82) is 0 Å². The van der Waals surface area contributed by atoms with Crippen LogP contribution in [0.3, 0.4) is 0 Å². The lowest BCUT2D eigenvalue weighted by Gasteiger charge is -2.16. The van der Waals surface area contributed by atoms with Crippen LogP contribution in [0.25, 0.3) is 26.6 Å². The highest BCUT2D eigenvalue weighted by molar-refractivity contribution is 7.90. The number of benzene rings is 4. The van der Waals surface area contributed by atoms with Crippen LogP contribution >= 0.6 is 11.3 Å². The summed E-state index contributed by atoms with van der Waals surface area (Å²) in [5, 5.41) is 9.75. The Bertz CT molecular complexity index is 2040. The quantitative estimate of drug-likeness (QED) is 0.167. The van der Waals surface area contributed by atoms with Gasteiger partial charge in [0, 0.05) is 16.2 Å². The molecule has 6 rings (SSSR count). The van der Waals surface area contributed by atoms with Crippen molar-refractivity contribution in [1.82, 2.24) is 4.31 Å². The van der Waals surface area contributed by atoms with Crippen LogP contribution in [0, 0.1) is 0 Å². The molecule has 44 heavy (non-hydrogen) atoms. The van der Waals surface area contributed by atoms with E-state index in [0.717, 1.165) is 42.0 Å². The van der Waals surface area contributed by atoms with Gasteiger partial charge in [-0.15, -0.1) is 11.3 Å². The number of aliphatic carboxylic acids is 1. The summed E-state index contributed by atoms with van der Waals surface area (Å²) < 4.78 is 39.9. The average molecular weight is 626 g/mol. The summed E-state index contributed by atoms with van der Waals surface area (Å²) in [4.78, 5) is 24.6. The smallest absolute Gasteiger partial charge is 0.328 e. The van der Waals surface area contributed by atoms with Crippen molar-refractivity contribution in [2.75, 3.05) is 6.73 Å². The fraction of sp³-hybridized carbons (Fsp3) is 0.118. The maximum Gasteiger partial charge on any atom is 0.328 e. The van der Waals surface area contributed by atoms with E-state index in [4.69, 9.17) is 14.6 Å². The van der Waals surface area contributed by atoms with Crippen molar-refractivity contribution >= 4 is 49.4 Å². The predicted molar refractivity (Wildman–Crippen MR) is 170 cm³/mol. The molecule has 0 unspecified atom stereocenters. The van der Waals surface area contributed by atoms with Crippen LogP contribution in [0.4, 0.5) is 0 Å². The first-order valence-corrected chi connectivity index (χ1v) is 16.0. The van der Waals surface area contributed by atoms with E-state index in [9.17, 15) is 18.0 Å². The third-order valence-electron chi connectivity index (χ3n) is 7.22. The van der Waals surface area contributed by atoms with Gasteiger partial charge < -0.3 is 14.6 Å². The zero-order chi connectivity index (χ0) is 31.0. The van der Waals surface area contributed by atoms with Gasteiger partial charge in [-0.05, 0) is 71.1 Å². The highest BCUT2D eigenvalue weighted by Crippen LogP contribution is 2.49. The molecule has 0 aliphatic carbocycles. The van der Waals surface area contributed by atoms with E-state index >= 15 is 0 Å². The molecule has 0 bridgehead atoms. The van der Waals surface area contributed by atoms with Gasteiger partial charge in [0.2, 0.25) is 0 Å². The van der Waals surface area contributed by atoms with Crippen LogP contribution in [-0.2, 0) is 14.8 Å². The highest BCUT2D eigenvalue weighted by atomic mass is 32.2. The van der Waals surface area contributed by atoms with Gasteiger partial charge in [0.15, 0.2) is 12.5 Å². The van der Waals surface area contributed by atoms with Crippen molar-refractivity contribution < 1.29 is 32.6 Å². The number of carbonyl (C=O) groups is 2. The molecule has 5 aromatic rings. The number of hydrogen-bond donors (Lipinski definition) is 1. The Hall–Kier alpha value is -4.93. The lowest BCUT2D eigenvalue weighted by molar-refractivity contribution is -0.131. The molecule has 10 heteroatoms. The lowest BCUT2D eigenvalue weighted by atomic mass is 9.96. The molecular formula is C34H27NO7S2. The van der Waals surface area contributed by atoms with Crippen LogP contribution in [0.5, 0.6) is 17.2 Å². The molecule has 0 fully saturated rings. The van der Waals surface area contributed by atoms with Crippen molar-refractivity contribution in [3.63, 3.8) is 0 Å². The SMILES string of the molecule is CC(C)c1ccccc1-c1sc2cc(OCN3C(=O)c4ccccc4S3(=O)=O)ccc2c1Oc1ccc(/C=C/C(=O)O)cc1. The number of rotatable bonds is 9. The largest absolute Gasteiger partial charge is 0.478 e. The van der Waals surface area contributed by atoms with Gasteiger partial charge in [-0.3, -0.25) is 4.79 Å². The van der Waals surface area contributed by atoms with Gasteiger partial charge in [-0.25, -0.2) is 13.2 Å². The maximum atomic E-state index is 13.0. The maximum absolute atomic E-state index is 13.0. The summed E-state index contributed by atoms with van der Waals surface area (Å²) in [5.74, 6) is 0.260. The van der Waals surface area contributed by atoms with Gasteiger partial charge in [-0.1, -0.05) is 62.4 Å². The average Bonchev–Trinajstić information content (AvgIpc) is 3.46. The van der Waals surface area contributed by atoms with E-state index in [-0.39, 0.29) is 16.4 Å². The summed E-state index contributed by atoms with van der Waals surface area (Å²) >= 11 is 1.52. The number of thiophene rings is 1. The minimum absolute atomic E-state index is 0.0245. The van der Waals surface area contributed by atoms with E-state index in [2.05, 4.69) is 26.0 Å². The second kappa shape index (κ2) is 11.6. The summed E-state index contributed by atoms with van der Waals surface area (Å²) in [6, 6.07) is 26.8. The van der Waals surface area contributed by atoms with Gasteiger partial charge in [-0.2, -0.15) is 4.31 Å². The molecule has 0 saturated carbocycles. The first-order valence-electron chi connectivity index (χ1n) is 13.8. The number of carbonyl (C=O) groups excluding carboxylic acids is 1. The van der Waals surface area contributed by atoms with Gasteiger partial charge in [0.1, 0.15) is 16.4 Å². The molecule has 1 N–H and O–H groups in total. The van der Waals surface area contributed by atoms with Crippen LogP contribution in [0.1, 0.15) is 41.3 Å². The Labute approximate surface area is 258 Å². The lowest BCUT2D eigenvalue weighted by Crippen LogP contribution is -2.33. The summed E-state index contributed by atoms with van der Waals surface area (Å²) in [6.07, 6.45) is 2.59. The molecule has 0 saturated heterocycles. The van der Waals surface area contributed by atoms with E-state index in [1.54, 1.807) is 42.5 Å². The van der Waals surface area contributed by atoms with E-state index < -0.39 is 28.6 Å². The Morgan fingerprint density at radius 2 is 1.61 bits per heavy atom. The Morgan fingerprint density at radius 3 is 2.32 bits per heavy atom. The third kappa shape index (κ3) is 5.45. The monoisotopic (exact) mass is 625 g/mol. The summed E-state index contributed by atoms with van der Waals surface area (Å²) in [7, 11) is -4.00. The van der Waals surface area contributed by atoms with Crippen LogP contribution in [0.15, 0.2) is 102 Å². The summed E-state index contributed by atoms with van der Waals surface area (Å²) in [6.45, 7) is 3.81. The fourth-order valence-electron chi connectivity index (χ4n) is 5.05. The van der Waals surface area contributed by atoms with E-state index in [1.807, 2.05) is 24.3 Å². The van der Waals surface area contributed by atoms with Crippen molar-refractivity contribution in [2.45, 2.75) is 24.7 Å². The molecule has 0 atom stereocenters. The number of ether oxygens (including phenoxy) is 2. The predicted octanol–water partition coefficient (Wildman–Crippen LogP) is 7.76. The molecule has 222 valence electrons. The first kappa shape index (κ1) is 29.2. The Morgan fingerprint density at radius 1 is 0.932 bits per heavy atom. The van der Waals surface area contributed by atoms with Crippen molar-refractivity contribution in [3.8, 4) is 27.7 Å². The minimum Gasteiger partial charge on any atom is -0.478 e. The van der Waals surface area contributed by atoms with E-state index in [0.29, 0.717) is 17.2 Å². The molecule has 8 nitrogen and oxygen atoms in total. The van der Waals surface area contributed by atoms with Crippen molar-refractivity contribution in [2.24, 2.45) is 0 Å². The van der Waals surface area contributed by atoms with Gasteiger partial charge >= 0.3 is 5.97 Å². The fourth-order valence-corrected chi connectivity index (χ4v) is 7.69. The topological polar surface area (TPSA) is 110 Å². The van der Waals surface area contributed by atoms with E-state index in [1.165, 1.54) is 29.5 Å². The standard InChI is InChI=1S/C34H27NO7S2/c1-21(2)25-7-3-4-8-26(25)33-32(42-23-14-11-22(12-15-23)13-18-31(36)37)27-17-16-24(19-29(27)43-33)41-20-35-34(38)28-9-5-6-10-30(28)44(35,39)40/h3-19,21H,20H2,1-2H3,(H,36,37)/b18-13+. The molecular weight excluding hydrogens is 599 g/mol. The zero-order valence-electron chi connectivity index (χ0n) is 23.8. The normalized spacial score (nSPS) is 14.0. The molecule has 1 aliphatic rings. The van der Waals surface area contributed by atoms with Crippen LogP contribution in [-0.4, -0.2) is 36.4 Å². The molecule has 1 amide bonds. The number of carboxylic acid groups (broad SMARTS) is 1. The zero-order valence-corrected chi connectivity index (χ0v) is 25.4. The summed E-state index contributed by atoms with van der Waals surface area (Å²) in [5.41, 5.74) is 3.05. The Kier molecular flexibility index (Phi) is 7.71. The number of hydrogen-bond acceptors (Lipinski definition) is 7. The second-order valence-corrected chi connectivity index (χ2v) is 13.3. The van der Waals surface area contributed by atoms with Crippen molar-refractivity contribution in [3.05, 3.63) is 114 Å². The van der Waals surface area contributed by atoms with Gasteiger partial charge in [0.25, 0.3) is 15.9 Å². The third-order valence-corrected chi connectivity index (χ3v) is 10.2. The second-order valence-electron chi connectivity index (χ2n) is 10.4. The minimum atomic E-state index is -4.00. The number of fused-ring (bicyclic) bond motifs is 2. The molecule has 1 aliphatic heterocycles. The van der Waals surface area contributed by atoms with Crippen LogP contribution in [0.2, 0.25) is 0 Å². The first-order chi connectivity index (χ1) is 21.1. The molecule has 0 spiro atoms. The Balaban J connectivity index is 1.35. The number of sulfonamides is 1.